The maximum Gasteiger partial charge on any atom is 0.0590 e. The van der Waals surface area contributed by atoms with Crippen molar-refractivity contribution < 1.29 is 4.74 Å². The van der Waals surface area contributed by atoms with Gasteiger partial charge < -0.3 is 4.74 Å². The van der Waals surface area contributed by atoms with Crippen molar-refractivity contribution in [2.24, 2.45) is 5.41 Å². The van der Waals surface area contributed by atoms with Gasteiger partial charge in [-0.15, -0.1) is 0 Å². The monoisotopic (exact) mass is 253 g/mol. The minimum atomic E-state index is 0.597. The van der Waals surface area contributed by atoms with E-state index in [1.165, 1.54) is 13.1 Å². The molecular formula is C7H12INO. The van der Waals surface area contributed by atoms with Crippen LogP contribution in [0.3, 0.4) is 0 Å². The quantitative estimate of drug-likeness (QED) is 0.394. The number of halogens is 1. The SMILES string of the molecule is CC(I)N1CC2(COC2)C1. The molecule has 0 aromatic carbocycles. The number of ether oxygens (including phenoxy) is 1. The Bertz CT molecular complexity index is 137. The average Bonchev–Trinajstić information content (AvgIpc) is 1.54. The largest absolute Gasteiger partial charge is 0.380 e. The third kappa shape index (κ3) is 0.987. The van der Waals surface area contributed by atoms with Gasteiger partial charge in [-0.2, -0.15) is 0 Å². The summed E-state index contributed by atoms with van der Waals surface area (Å²) in [6, 6.07) is 0. The predicted molar refractivity (Wildman–Crippen MR) is 48.3 cm³/mol. The molecule has 2 nitrogen and oxygen atoms in total. The van der Waals surface area contributed by atoms with E-state index in [9.17, 15) is 0 Å². The Morgan fingerprint density at radius 1 is 1.50 bits per heavy atom. The third-order valence-electron chi connectivity index (χ3n) is 2.40. The first-order chi connectivity index (χ1) is 4.72. The summed E-state index contributed by atoms with van der Waals surface area (Å²) >= 11 is 2.46. The fraction of sp³-hybridized carbons (Fsp3) is 1.00. The number of alkyl halides is 1. The van der Waals surface area contributed by atoms with Crippen LogP contribution in [0.25, 0.3) is 0 Å². The average molecular weight is 253 g/mol. The maximum atomic E-state index is 5.18. The molecule has 0 radical (unpaired) electrons. The summed E-state index contributed by atoms with van der Waals surface area (Å²) in [5.74, 6) is 0. The summed E-state index contributed by atoms with van der Waals surface area (Å²) in [5, 5.41) is 0. The van der Waals surface area contributed by atoms with Gasteiger partial charge in [-0.1, -0.05) is 22.6 Å². The van der Waals surface area contributed by atoms with Gasteiger partial charge in [0.1, 0.15) is 0 Å². The number of likely N-dealkylation sites (tertiary alicyclic amines) is 1. The molecule has 2 fully saturated rings. The van der Waals surface area contributed by atoms with Crippen LogP contribution in [0, 0.1) is 5.41 Å². The first kappa shape index (κ1) is 7.31. The van der Waals surface area contributed by atoms with Gasteiger partial charge in [-0.3, -0.25) is 4.90 Å². The van der Waals surface area contributed by atoms with Crippen LogP contribution in [-0.4, -0.2) is 35.3 Å². The van der Waals surface area contributed by atoms with Crippen LogP contribution >= 0.6 is 22.6 Å². The Kier molecular flexibility index (Phi) is 1.69. The second-order valence-corrected chi connectivity index (χ2v) is 5.27. The molecule has 0 N–H and O–H groups in total. The van der Waals surface area contributed by atoms with Gasteiger partial charge in [-0.05, 0) is 6.92 Å². The van der Waals surface area contributed by atoms with Gasteiger partial charge in [0.05, 0.1) is 17.3 Å². The zero-order valence-corrected chi connectivity index (χ0v) is 8.30. The summed E-state index contributed by atoms with van der Waals surface area (Å²) in [4.78, 5) is 2.49. The van der Waals surface area contributed by atoms with Crippen molar-refractivity contribution in [3.05, 3.63) is 0 Å². The van der Waals surface area contributed by atoms with E-state index in [4.69, 9.17) is 4.74 Å². The molecule has 2 saturated heterocycles. The molecule has 10 heavy (non-hydrogen) atoms. The Balaban J connectivity index is 1.82. The second kappa shape index (κ2) is 2.32. The van der Waals surface area contributed by atoms with E-state index >= 15 is 0 Å². The minimum absolute atomic E-state index is 0.597. The summed E-state index contributed by atoms with van der Waals surface area (Å²) in [6.45, 7) is 6.78. The summed E-state index contributed by atoms with van der Waals surface area (Å²) in [5.41, 5.74) is 0.597. The second-order valence-electron chi connectivity index (χ2n) is 3.47. The lowest BCUT2D eigenvalue weighted by atomic mass is 9.78. The zero-order valence-electron chi connectivity index (χ0n) is 6.14. The summed E-state index contributed by atoms with van der Waals surface area (Å²) < 4.78 is 5.88. The smallest absolute Gasteiger partial charge is 0.0590 e. The molecule has 0 amide bonds. The van der Waals surface area contributed by atoms with Crippen LogP contribution in [0.5, 0.6) is 0 Å². The van der Waals surface area contributed by atoms with Crippen molar-refractivity contribution in [3.8, 4) is 0 Å². The molecule has 2 aliphatic heterocycles. The molecule has 0 aromatic rings. The van der Waals surface area contributed by atoms with Crippen molar-refractivity contribution in [1.29, 1.82) is 0 Å². The number of hydrogen-bond acceptors (Lipinski definition) is 2. The highest BCUT2D eigenvalue weighted by Crippen LogP contribution is 2.39. The molecule has 0 aliphatic carbocycles. The van der Waals surface area contributed by atoms with E-state index in [2.05, 4.69) is 34.4 Å². The third-order valence-corrected chi connectivity index (χ3v) is 3.18. The molecule has 2 heterocycles. The van der Waals surface area contributed by atoms with Crippen molar-refractivity contribution in [2.45, 2.75) is 11.0 Å². The number of nitrogens with zero attached hydrogens (tertiary/aromatic N) is 1. The molecule has 58 valence electrons. The minimum Gasteiger partial charge on any atom is -0.380 e. The first-order valence-corrected chi connectivity index (χ1v) is 4.92. The molecule has 0 aromatic heterocycles. The highest BCUT2D eigenvalue weighted by atomic mass is 127. The Morgan fingerprint density at radius 2 is 2.10 bits per heavy atom. The van der Waals surface area contributed by atoms with Gasteiger partial charge in [0, 0.05) is 18.5 Å². The Morgan fingerprint density at radius 3 is 2.40 bits per heavy atom. The van der Waals surface area contributed by atoms with E-state index in [0.29, 0.717) is 9.46 Å². The molecule has 0 saturated carbocycles. The normalized spacial score (nSPS) is 33.0. The van der Waals surface area contributed by atoms with Gasteiger partial charge in [0.15, 0.2) is 0 Å². The van der Waals surface area contributed by atoms with Crippen molar-refractivity contribution >= 4 is 22.6 Å². The molecule has 3 heteroatoms. The predicted octanol–water partition coefficient (Wildman–Crippen LogP) is 1.10. The first-order valence-electron chi connectivity index (χ1n) is 3.68. The van der Waals surface area contributed by atoms with E-state index < -0.39 is 0 Å². The maximum absolute atomic E-state index is 5.18. The summed E-state index contributed by atoms with van der Waals surface area (Å²) in [7, 11) is 0. The van der Waals surface area contributed by atoms with Crippen LogP contribution in [-0.2, 0) is 4.74 Å². The lowest BCUT2D eigenvalue weighted by Crippen LogP contribution is -2.66. The van der Waals surface area contributed by atoms with Gasteiger partial charge in [0.25, 0.3) is 0 Å². The molecule has 2 aliphatic rings. The van der Waals surface area contributed by atoms with Crippen LogP contribution in [0.2, 0.25) is 0 Å². The van der Waals surface area contributed by atoms with Crippen LogP contribution in [0.4, 0.5) is 0 Å². The van der Waals surface area contributed by atoms with E-state index in [0.717, 1.165) is 13.2 Å². The molecule has 1 unspecified atom stereocenters. The molecule has 1 atom stereocenters. The standard InChI is InChI=1S/C7H12INO/c1-6(8)9-2-7(3-9)4-10-5-7/h6H,2-5H2,1H3. The fourth-order valence-electron chi connectivity index (χ4n) is 1.64. The number of hydrogen-bond donors (Lipinski definition) is 0. The van der Waals surface area contributed by atoms with Gasteiger partial charge >= 0.3 is 0 Å². The Hall–Kier alpha value is 0.650. The molecule has 0 bridgehead atoms. The van der Waals surface area contributed by atoms with Crippen LogP contribution < -0.4 is 0 Å². The Labute approximate surface area is 75.1 Å². The molecule has 2 rings (SSSR count). The van der Waals surface area contributed by atoms with Crippen molar-refractivity contribution in [1.82, 2.24) is 4.90 Å². The van der Waals surface area contributed by atoms with E-state index in [-0.39, 0.29) is 0 Å². The fourth-order valence-corrected chi connectivity index (χ4v) is 2.03. The van der Waals surface area contributed by atoms with Crippen LogP contribution in [0.15, 0.2) is 0 Å². The van der Waals surface area contributed by atoms with Crippen molar-refractivity contribution in [3.63, 3.8) is 0 Å². The van der Waals surface area contributed by atoms with Crippen LogP contribution in [0.1, 0.15) is 6.92 Å². The zero-order chi connectivity index (χ0) is 7.19. The topological polar surface area (TPSA) is 12.5 Å². The molecular weight excluding hydrogens is 241 g/mol. The van der Waals surface area contributed by atoms with E-state index in [1.807, 2.05) is 0 Å². The number of rotatable bonds is 1. The van der Waals surface area contributed by atoms with E-state index in [1.54, 1.807) is 0 Å². The summed E-state index contributed by atoms with van der Waals surface area (Å²) in [6.07, 6.45) is 0. The molecule has 1 spiro atoms. The lowest BCUT2D eigenvalue weighted by molar-refractivity contribution is -0.189. The van der Waals surface area contributed by atoms with Crippen molar-refractivity contribution in [2.75, 3.05) is 26.3 Å². The lowest BCUT2D eigenvalue weighted by Gasteiger charge is -2.56. The van der Waals surface area contributed by atoms with Gasteiger partial charge in [0.2, 0.25) is 0 Å². The highest BCUT2D eigenvalue weighted by Gasteiger charge is 2.49. The van der Waals surface area contributed by atoms with Gasteiger partial charge in [-0.25, -0.2) is 0 Å². The highest BCUT2D eigenvalue weighted by molar-refractivity contribution is 14.1.